The number of nitrogens with one attached hydrogen (secondary N) is 2. The minimum Gasteiger partial charge on any atom is -0.368 e. The summed E-state index contributed by atoms with van der Waals surface area (Å²) in [7, 11) is 1.66. The van der Waals surface area contributed by atoms with Crippen LogP contribution in [0.2, 0.25) is 0 Å². The van der Waals surface area contributed by atoms with Crippen LogP contribution in [0.5, 0.6) is 0 Å². The van der Waals surface area contributed by atoms with Crippen molar-refractivity contribution < 1.29 is 19.2 Å². The molecule has 0 radical (unpaired) electrons. The van der Waals surface area contributed by atoms with Crippen LogP contribution in [0.1, 0.15) is 59.8 Å². The molecule has 1 aliphatic heterocycles. The highest BCUT2D eigenvalue weighted by atomic mass is 16.2. The first-order valence-corrected chi connectivity index (χ1v) is 11.5. The summed E-state index contributed by atoms with van der Waals surface area (Å²) in [5, 5.41) is 9.82. The summed E-state index contributed by atoms with van der Waals surface area (Å²) in [4.78, 5) is 60.7. The van der Waals surface area contributed by atoms with Gasteiger partial charge in [0, 0.05) is 32.0 Å². The molecule has 35 heavy (non-hydrogen) atoms. The van der Waals surface area contributed by atoms with E-state index in [1.54, 1.807) is 20.0 Å². The standard InChI is InChI=1S/C23H32N8O4/c1-13(2)9-16(20(24)32)28-22(34)18-11-15(27-21(33)17-12-25-6-7-26-17)5-8-31(18)23(35)19-10-14(3)29-30(19)4/h6-7,10,12-13,15-16,18H,5,8-9,11H2,1-4H3,(H2,24,32)(H,27,33)(H,28,34)/t15-,16+,18-/m0/s1. The van der Waals surface area contributed by atoms with Crippen LogP contribution >= 0.6 is 0 Å². The number of hydrogen-bond donors (Lipinski definition) is 3. The largest absolute Gasteiger partial charge is 0.368 e. The normalized spacial score (nSPS) is 18.7. The van der Waals surface area contributed by atoms with E-state index in [4.69, 9.17) is 5.73 Å². The van der Waals surface area contributed by atoms with Crippen molar-refractivity contribution in [1.29, 1.82) is 0 Å². The quantitative estimate of drug-likeness (QED) is 0.472. The molecule has 1 saturated heterocycles. The topological polar surface area (TPSA) is 165 Å². The van der Waals surface area contributed by atoms with Crippen molar-refractivity contribution in [3.63, 3.8) is 0 Å². The van der Waals surface area contributed by atoms with E-state index in [1.165, 1.54) is 28.2 Å². The van der Waals surface area contributed by atoms with E-state index in [0.717, 1.165) is 0 Å². The van der Waals surface area contributed by atoms with Crippen LogP contribution in [-0.4, -0.2) is 72.9 Å². The van der Waals surface area contributed by atoms with Crippen LogP contribution in [0.15, 0.2) is 24.7 Å². The van der Waals surface area contributed by atoms with Crippen molar-refractivity contribution in [1.82, 2.24) is 35.3 Å². The first-order valence-electron chi connectivity index (χ1n) is 11.5. The van der Waals surface area contributed by atoms with Crippen LogP contribution in [0.25, 0.3) is 0 Å². The molecular formula is C23H32N8O4. The molecule has 0 saturated carbocycles. The van der Waals surface area contributed by atoms with Gasteiger partial charge >= 0.3 is 0 Å². The molecule has 0 aliphatic carbocycles. The van der Waals surface area contributed by atoms with Gasteiger partial charge in [-0.15, -0.1) is 0 Å². The first kappa shape index (κ1) is 25.8. The highest BCUT2D eigenvalue weighted by Gasteiger charge is 2.39. The summed E-state index contributed by atoms with van der Waals surface area (Å²) in [5.74, 6) is -1.80. The lowest BCUT2D eigenvalue weighted by Gasteiger charge is -2.39. The minimum absolute atomic E-state index is 0.119. The van der Waals surface area contributed by atoms with E-state index >= 15 is 0 Å². The first-order chi connectivity index (χ1) is 16.6. The molecule has 0 unspecified atom stereocenters. The van der Waals surface area contributed by atoms with Gasteiger partial charge in [0.2, 0.25) is 11.8 Å². The van der Waals surface area contributed by atoms with Gasteiger partial charge < -0.3 is 21.3 Å². The van der Waals surface area contributed by atoms with E-state index < -0.39 is 35.8 Å². The maximum absolute atomic E-state index is 13.4. The number of piperidine rings is 1. The van der Waals surface area contributed by atoms with E-state index in [1.807, 2.05) is 13.8 Å². The zero-order chi connectivity index (χ0) is 25.7. The van der Waals surface area contributed by atoms with Crippen molar-refractivity contribution in [2.24, 2.45) is 18.7 Å². The molecule has 4 N–H and O–H groups in total. The number of carbonyl (C=O) groups excluding carboxylic acids is 4. The van der Waals surface area contributed by atoms with Gasteiger partial charge in [-0.3, -0.25) is 28.8 Å². The highest BCUT2D eigenvalue weighted by Crippen LogP contribution is 2.22. The van der Waals surface area contributed by atoms with Gasteiger partial charge in [0.25, 0.3) is 11.8 Å². The van der Waals surface area contributed by atoms with Gasteiger partial charge in [0.15, 0.2) is 0 Å². The van der Waals surface area contributed by atoms with Gasteiger partial charge in [-0.1, -0.05) is 13.8 Å². The fourth-order valence-electron chi connectivity index (χ4n) is 4.21. The highest BCUT2D eigenvalue weighted by molar-refractivity contribution is 5.98. The van der Waals surface area contributed by atoms with Crippen LogP contribution in [-0.2, 0) is 16.6 Å². The summed E-state index contributed by atoms with van der Waals surface area (Å²) in [5.41, 5.74) is 6.69. The van der Waals surface area contributed by atoms with Crippen molar-refractivity contribution in [2.75, 3.05) is 6.54 Å². The summed E-state index contributed by atoms with van der Waals surface area (Å²) < 4.78 is 1.47. The molecular weight excluding hydrogens is 452 g/mol. The molecule has 12 heteroatoms. The van der Waals surface area contributed by atoms with Gasteiger partial charge in [-0.25, -0.2) is 4.98 Å². The lowest BCUT2D eigenvalue weighted by Crippen LogP contribution is -2.59. The molecule has 3 heterocycles. The maximum atomic E-state index is 13.4. The third-order valence-electron chi connectivity index (χ3n) is 5.89. The number of primary amides is 1. The Bertz CT molecular complexity index is 1080. The average Bonchev–Trinajstić information content (AvgIpc) is 3.16. The SMILES string of the molecule is Cc1cc(C(=O)N2CC[C@H](NC(=O)c3cnccn3)C[C@H]2C(=O)N[C@H](CC(C)C)C(N)=O)n(C)n1. The maximum Gasteiger partial charge on any atom is 0.272 e. The van der Waals surface area contributed by atoms with Crippen LogP contribution in [0, 0.1) is 12.8 Å². The molecule has 188 valence electrons. The average molecular weight is 485 g/mol. The number of hydrogen-bond acceptors (Lipinski definition) is 7. The second kappa shape index (κ2) is 11.1. The summed E-state index contributed by atoms with van der Waals surface area (Å²) in [6.07, 6.45) is 5.20. The molecule has 3 atom stereocenters. The lowest BCUT2D eigenvalue weighted by atomic mass is 9.94. The number of likely N-dealkylation sites (tertiary alicyclic amines) is 1. The Morgan fingerprint density at radius 3 is 2.54 bits per heavy atom. The third kappa shape index (κ3) is 6.40. The third-order valence-corrected chi connectivity index (χ3v) is 5.89. The molecule has 0 bridgehead atoms. The van der Waals surface area contributed by atoms with E-state index in [9.17, 15) is 19.2 Å². The summed E-state index contributed by atoms with van der Waals surface area (Å²) in [6, 6.07) is -0.528. The minimum atomic E-state index is -0.923. The molecule has 2 aromatic heterocycles. The van der Waals surface area contributed by atoms with Crippen molar-refractivity contribution in [3.05, 3.63) is 41.7 Å². The van der Waals surface area contributed by atoms with Crippen LogP contribution in [0.4, 0.5) is 0 Å². The Kier molecular flexibility index (Phi) is 8.15. The molecule has 1 aliphatic rings. The van der Waals surface area contributed by atoms with E-state index in [2.05, 4.69) is 25.7 Å². The van der Waals surface area contributed by atoms with Gasteiger partial charge in [-0.2, -0.15) is 5.10 Å². The number of rotatable bonds is 8. The van der Waals surface area contributed by atoms with Crippen molar-refractivity contribution >= 4 is 23.6 Å². The number of amides is 4. The number of aromatic nitrogens is 4. The van der Waals surface area contributed by atoms with Crippen LogP contribution < -0.4 is 16.4 Å². The Hall–Kier alpha value is -3.83. The molecule has 1 fully saturated rings. The van der Waals surface area contributed by atoms with E-state index in [0.29, 0.717) is 24.2 Å². The Balaban J connectivity index is 1.82. The Morgan fingerprint density at radius 2 is 1.97 bits per heavy atom. The monoisotopic (exact) mass is 484 g/mol. The molecule has 2 aromatic rings. The zero-order valence-electron chi connectivity index (χ0n) is 20.4. The molecule has 0 spiro atoms. The van der Waals surface area contributed by atoms with Crippen molar-refractivity contribution in [3.8, 4) is 0 Å². The molecule has 12 nitrogen and oxygen atoms in total. The number of aryl methyl sites for hydroxylation is 2. The number of nitrogens with zero attached hydrogens (tertiary/aromatic N) is 5. The smallest absolute Gasteiger partial charge is 0.272 e. The zero-order valence-corrected chi connectivity index (χ0v) is 20.4. The van der Waals surface area contributed by atoms with Gasteiger partial charge in [-0.05, 0) is 38.2 Å². The number of nitrogens with two attached hydrogens (primary N) is 1. The Labute approximate surface area is 203 Å². The van der Waals surface area contributed by atoms with Gasteiger partial charge in [0.05, 0.1) is 11.9 Å². The fourth-order valence-corrected chi connectivity index (χ4v) is 4.21. The second-order valence-corrected chi connectivity index (χ2v) is 9.19. The fraction of sp³-hybridized carbons (Fsp3) is 0.522. The second-order valence-electron chi connectivity index (χ2n) is 9.19. The predicted octanol–water partition coefficient (Wildman–Crippen LogP) is -0.0621. The van der Waals surface area contributed by atoms with Gasteiger partial charge in [0.1, 0.15) is 23.5 Å². The summed E-state index contributed by atoms with van der Waals surface area (Å²) in [6.45, 7) is 5.83. The molecule has 3 rings (SSSR count). The Morgan fingerprint density at radius 1 is 1.23 bits per heavy atom. The van der Waals surface area contributed by atoms with E-state index in [-0.39, 0.29) is 30.5 Å². The molecule has 0 aromatic carbocycles. The predicted molar refractivity (Wildman–Crippen MR) is 126 cm³/mol. The molecule has 4 amide bonds. The number of carbonyl (C=O) groups is 4. The van der Waals surface area contributed by atoms with Crippen LogP contribution in [0.3, 0.4) is 0 Å². The lowest BCUT2D eigenvalue weighted by molar-refractivity contribution is -0.131. The van der Waals surface area contributed by atoms with Crippen molar-refractivity contribution in [2.45, 2.75) is 58.2 Å². The summed E-state index contributed by atoms with van der Waals surface area (Å²) >= 11 is 0.